The maximum Gasteiger partial charge on any atom is 0.257 e. The predicted molar refractivity (Wildman–Crippen MR) is 150 cm³/mol. The summed E-state index contributed by atoms with van der Waals surface area (Å²) >= 11 is 13.5. The van der Waals surface area contributed by atoms with E-state index in [1.807, 2.05) is 74.5 Å². The molecule has 0 bridgehead atoms. The van der Waals surface area contributed by atoms with Gasteiger partial charge in [0.2, 0.25) is 5.91 Å². The van der Waals surface area contributed by atoms with Crippen molar-refractivity contribution in [1.29, 1.82) is 0 Å². The fourth-order valence-electron chi connectivity index (χ4n) is 3.55. The smallest absolute Gasteiger partial charge is 0.257 e. The molecular weight excluding hydrogens is 511 g/mol. The molecule has 4 aromatic carbocycles. The largest absolute Gasteiger partial charge is 0.325 e. The molecule has 2 amide bonds. The van der Waals surface area contributed by atoms with Gasteiger partial charge in [-0.25, -0.2) is 0 Å². The lowest BCUT2D eigenvalue weighted by Gasteiger charge is -2.18. The number of hydrogen-bond donors (Lipinski definition) is 2. The lowest BCUT2D eigenvalue weighted by molar-refractivity contribution is -0.115. The molecule has 182 valence electrons. The van der Waals surface area contributed by atoms with E-state index in [4.69, 9.17) is 23.2 Å². The summed E-state index contributed by atoms with van der Waals surface area (Å²) in [7, 11) is 0. The normalized spacial score (nSPS) is 11.6. The summed E-state index contributed by atoms with van der Waals surface area (Å²) in [4.78, 5) is 26.8. The third-order valence-electron chi connectivity index (χ3n) is 5.66. The molecule has 0 spiro atoms. The van der Waals surface area contributed by atoms with Crippen molar-refractivity contribution < 1.29 is 9.59 Å². The number of rotatable bonds is 7. The first-order valence-corrected chi connectivity index (χ1v) is 12.9. The zero-order valence-electron chi connectivity index (χ0n) is 19.7. The first-order valence-electron chi connectivity index (χ1n) is 11.3. The van der Waals surface area contributed by atoms with Crippen LogP contribution in [-0.4, -0.2) is 11.8 Å². The van der Waals surface area contributed by atoms with E-state index < -0.39 is 5.25 Å². The van der Waals surface area contributed by atoms with Crippen LogP contribution < -0.4 is 10.6 Å². The van der Waals surface area contributed by atoms with Crippen molar-refractivity contribution in [3.63, 3.8) is 0 Å². The maximum atomic E-state index is 13.3. The zero-order chi connectivity index (χ0) is 25.7. The third kappa shape index (κ3) is 6.49. The van der Waals surface area contributed by atoms with Crippen LogP contribution in [0.5, 0.6) is 0 Å². The van der Waals surface area contributed by atoms with Crippen LogP contribution in [0.15, 0.2) is 95.9 Å². The molecule has 0 aliphatic rings. The Morgan fingerprint density at radius 2 is 1.44 bits per heavy atom. The van der Waals surface area contributed by atoms with E-state index >= 15 is 0 Å². The van der Waals surface area contributed by atoms with Crippen LogP contribution >= 0.6 is 35.0 Å². The molecule has 0 saturated carbocycles. The molecule has 0 aliphatic carbocycles. The molecule has 1 atom stereocenters. The summed E-state index contributed by atoms with van der Waals surface area (Å²) < 4.78 is 0. The molecule has 2 N–H and O–H groups in total. The average molecular weight is 535 g/mol. The van der Waals surface area contributed by atoms with Gasteiger partial charge in [-0.15, -0.1) is 11.8 Å². The van der Waals surface area contributed by atoms with Gasteiger partial charge in [-0.3, -0.25) is 9.59 Å². The minimum atomic E-state index is -0.457. The summed E-state index contributed by atoms with van der Waals surface area (Å²) in [6, 6.07) is 27.6. The minimum absolute atomic E-state index is 0.107. The molecule has 4 nitrogen and oxygen atoms in total. The standard InChI is InChI=1S/C29H24Cl2N2O2S/c1-18-8-10-23(16-19(18)2)33-29(35)27(20-6-4-3-5-7-20)36-24-13-11-22(12-14-24)32-28(34)25-15-9-21(30)17-26(25)31/h3-17,27H,1-2H3,(H,32,34)(H,33,35). The van der Waals surface area contributed by atoms with E-state index in [9.17, 15) is 9.59 Å². The molecule has 4 rings (SSSR count). The summed E-state index contributed by atoms with van der Waals surface area (Å²) in [6.07, 6.45) is 0. The Labute approximate surface area is 225 Å². The second-order valence-corrected chi connectivity index (χ2v) is 10.3. The lowest BCUT2D eigenvalue weighted by atomic mass is 10.1. The highest BCUT2D eigenvalue weighted by Crippen LogP contribution is 2.37. The second-order valence-electron chi connectivity index (χ2n) is 8.30. The predicted octanol–water partition coefficient (Wildman–Crippen LogP) is 8.33. The second kappa shape index (κ2) is 11.7. The number of anilines is 2. The Morgan fingerprint density at radius 3 is 2.11 bits per heavy atom. The highest BCUT2D eigenvalue weighted by molar-refractivity contribution is 8.00. The highest BCUT2D eigenvalue weighted by Gasteiger charge is 2.22. The molecule has 0 radical (unpaired) electrons. The fraction of sp³-hybridized carbons (Fsp3) is 0.103. The van der Waals surface area contributed by atoms with E-state index in [0.717, 1.165) is 21.7 Å². The van der Waals surface area contributed by atoms with Crippen molar-refractivity contribution in [2.45, 2.75) is 24.0 Å². The number of halogens is 2. The zero-order valence-corrected chi connectivity index (χ0v) is 22.0. The average Bonchev–Trinajstić information content (AvgIpc) is 2.86. The molecule has 0 saturated heterocycles. The summed E-state index contributed by atoms with van der Waals surface area (Å²) in [5.41, 5.74) is 4.92. The van der Waals surface area contributed by atoms with E-state index in [2.05, 4.69) is 10.6 Å². The molecule has 0 heterocycles. The number of aryl methyl sites for hydroxylation is 2. The molecule has 1 unspecified atom stereocenters. The molecule has 0 aliphatic heterocycles. The Morgan fingerprint density at radius 1 is 0.750 bits per heavy atom. The number of thioether (sulfide) groups is 1. The Balaban J connectivity index is 1.49. The van der Waals surface area contributed by atoms with Gasteiger partial charge in [-0.05, 0) is 85.1 Å². The number of nitrogens with one attached hydrogen (secondary N) is 2. The van der Waals surface area contributed by atoms with Crippen molar-refractivity contribution in [2.75, 3.05) is 10.6 Å². The number of carbonyl (C=O) groups is 2. The van der Waals surface area contributed by atoms with Crippen LogP contribution in [0.25, 0.3) is 0 Å². The topological polar surface area (TPSA) is 58.2 Å². The van der Waals surface area contributed by atoms with Gasteiger partial charge in [0.05, 0.1) is 10.6 Å². The van der Waals surface area contributed by atoms with E-state index in [0.29, 0.717) is 16.3 Å². The van der Waals surface area contributed by atoms with Gasteiger partial charge in [0, 0.05) is 21.3 Å². The quantitative estimate of drug-likeness (QED) is 0.234. The monoisotopic (exact) mass is 534 g/mol. The van der Waals surface area contributed by atoms with Crippen molar-refractivity contribution in [3.8, 4) is 0 Å². The van der Waals surface area contributed by atoms with Crippen LogP contribution in [0.3, 0.4) is 0 Å². The van der Waals surface area contributed by atoms with Crippen LogP contribution in [-0.2, 0) is 4.79 Å². The molecule has 7 heteroatoms. The van der Waals surface area contributed by atoms with Gasteiger partial charge >= 0.3 is 0 Å². The minimum Gasteiger partial charge on any atom is -0.325 e. The summed E-state index contributed by atoms with van der Waals surface area (Å²) in [5, 5.41) is 6.19. The lowest BCUT2D eigenvalue weighted by Crippen LogP contribution is -2.19. The van der Waals surface area contributed by atoms with Crippen LogP contribution in [0.2, 0.25) is 10.0 Å². The van der Waals surface area contributed by atoms with Crippen LogP contribution in [0.4, 0.5) is 11.4 Å². The fourth-order valence-corrected chi connectivity index (χ4v) is 5.07. The van der Waals surface area contributed by atoms with Gasteiger partial charge in [-0.1, -0.05) is 59.6 Å². The van der Waals surface area contributed by atoms with E-state index in [1.54, 1.807) is 24.3 Å². The Bertz CT molecular complexity index is 1390. The van der Waals surface area contributed by atoms with Crippen molar-refractivity contribution >= 4 is 58.2 Å². The molecular formula is C29H24Cl2N2O2S. The third-order valence-corrected chi connectivity index (χ3v) is 7.47. The number of amides is 2. The molecule has 0 aromatic heterocycles. The van der Waals surface area contributed by atoms with Gasteiger partial charge in [0.25, 0.3) is 5.91 Å². The van der Waals surface area contributed by atoms with E-state index in [-0.39, 0.29) is 16.8 Å². The first kappa shape index (κ1) is 25.8. The maximum absolute atomic E-state index is 13.3. The molecule has 0 fully saturated rings. The number of benzene rings is 4. The SMILES string of the molecule is Cc1ccc(NC(=O)C(Sc2ccc(NC(=O)c3ccc(Cl)cc3Cl)cc2)c2ccccc2)cc1C. The van der Waals surface area contributed by atoms with Gasteiger partial charge in [0.1, 0.15) is 5.25 Å². The van der Waals surface area contributed by atoms with E-state index in [1.165, 1.54) is 23.4 Å². The van der Waals surface area contributed by atoms with Gasteiger partial charge in [-0.2, -0.15) is 0 Å². The highest BCUT2D eigenvalue weighted by atomic mass is 35.5. The van der Waals surface area contributed by atoms with Gasteiger partial charge in [0.15, 0.2) is 0 Å². The van der Waals surface area contributed by atoms with Crippen molar-refractivity contribution in [1.82, 2.24) is 0 Å². The Hall–Kier alpha value is -3.25. The summed E-state index contributed by atoms with van der Waals surface area (Å²) in [5.74, 6) is -0.434. The number of carbonyl (C=O) groups excluding carboxylic acids is 2. The van der Waals surface area contributed by atoms with Crippen molar-refractivity contribution in [3.05, 3.63) is 123 Å². The Kier molecular flexibility index (Phi) is 8.36. The molecule has 4 aromatic rings. The van der Waals surface area contributed by atoms with Crippen LogP contribution in [0.1, 0.15) is 32.3 Å². The van der Waals surface area contributed by atoms with Crippen LogP contribution in [0, 0.1) is 13.8 Å². The van der Waals surface area contributed by atoms with Gasteiger partial charge < -0.3 is 10.6 Å². The first-order chi connectivity index (χ1) is 17.3. The molecule has 36 heavy (non-hydrogen) atoms. The number of hydrogen-bond acceptors (Lipinski definition) is 3. The summed E-state index contributed by atoms with van der Waals surface area (Å²) in [6.45, 7) is 4.06. The van der Waals surface area contributed by atoms with Crippen molar-refractivity contribution in [2.24, 2.45) is 0 Å².